The van der Waals surface area contributed by atoms with Crippen molar-refractivity contribution in [3.05, 3.63) is 58.5 Å². The molecule has 3 aromatic rings. The SMILES string of the molecule is COc1c(Cl)cccc1Nc1c(-c2ccncc2C#CC(C)(C)N(C)C(=O)OC(C)(C)C)[nH]c2c1C(=O)NCC2. The third-order valence-electron chi connectivity index (χ3n) is 6.50. The number of rotatable bonds is 5. The van der Waals surface area contributed by atoms with Gasteiger partial charge in [-0.1, -0.05) is 29.5 Å². The van der Waals surface area contributed by atoms with E-state index in [-0.39, 0.29) is 5.91 Å². The second-order valence-corrected chi connectivity index (χ2v) is 11.4. The Labute approximate surface area is 239 Å². The van der Waals surface area contributed by atoms with E-state index in [0.29, 0.717) is 51.9 Å². The minimum absolute atomic E-state index is 0.186. The second-order valence-electron chi connectivity index (χ2n) is 10.9. The van der Waals surface area contributed by atoms with Gasteiger partial charge in [-0.3, -0.25) is 14.7 Å². The lowest BCUT2D eigenvalue weighted by Gasteiger charge is -2.32. The Hall–Kier alpha value is -4.16. The van der Waals surface area contributed by atoms with Crippen molar-refractivity contribution in [1.82, 2.24) is 20.2 Å². The molecular formula is C30H34ClN5O4. The molecule has 0 fully saturated rings. The number of aromatic amines is 1. The van der Waals surface area contributed by atoms with Crippen LogP contribution >= 0.6 is 11.6 Å². The first-order valence-corrected chi connectivity index (χ1v) is 13.3. The average molecular weight is 564 g/mol. The monoisotopic (exact) mass is 563 g/mol. The van der Waals surface area contributed by atoms with Crippen LogP contribution in [0.25, 0.3) is 11.3 Å². The fourth-order valence-corrected chi connectivity index (χ4v) is 4.48. The number of carbonyl (C=O) groups is 2. The minimum atomic E-state index is -0.848. The fraction of sp³-hybridized carbons (Fsp3) is 0.367. The molecule has 1 aliphatic rings. The van der Waals surface area contributed by atoms with Gasteiger partial charge >= 0.3 is 6.09 Å². The molecule has 1 aliphatic heterocycles. The molecule has 0 aliphatic carbocycles. The van der Waals surface area contributed by atoms with E-state index in [2.05, 4.69) is 32.4 Å². The molecule has 10 heteroatoms. The molecule has 4 rings (SSSR count). The van der Waals surface area contributed by atoms with Gasteiger partial charge in [0.1, 0.15) is 11.1 Å². The molecule has 2 aromatic heterocycles. The zero-order valence-corrected chi connectivity index (χ0v) is 24.5. The lowest BCUT2D eigenvalue weighted by Crippen LogP contribution is -2.46. The molecule has 0 radical (unpaired) electrons. The summed E-state index contributed by atoms with van der Waals surface area (Å²) in [6.07, 6.45) is 3.50. The number of amides is 2. The number of nitrogens with one attached hydrogen (secondary N) is 3. The Bertz CT molecular complexity index is 1510. The molecule has 0 saturated heterocycles. The normalized spacial score (nSPS) is 12.9. The third-order valence-corrected chi connectivity index (χ3v) is 6.79. The molecule has 0 bridgehead atoms. The Morgan fingerprint density at radius 3 is 2.65 bits per heavy atom. The summed E-state index contributed by atoms with van der Waals surface area (Å²) in [5, 5.41) is 6.75. The number of hydrogen-bond donors (Lipinski definition) is 3. The Morgan fingerprint density at radius 1 is 1.20 bits per heavy atom. The highest BCUT2D eigenvalue weighted by molar-refractivity contribution is 6.32. The number of fused-ring (bicyclic) bond motifs is 1. The lowest BCUT2D eigenvalue weighted by atomic mass is 10.0. The topological polar surface area (TPSA) is 109 Å². The first-order valence-electron chi connectivity index (χ1n) is 12.9. The number of nitrogens with zero attached hydrogens (tertiary/aromatic N) is 2. The first kappa shape index (κ1) is 28.8. The highest BCUT2D eigenvalue weighted by Gasteiger charge is 2.31. The Morgan fingerprint density at radius 2 is 1.95 bits per heavy atom. The molecular weight excluding hydrogens is 530 g/mol. The van der Waals surface area contributed by atoms with Gasteiger partial charge in [0.25, 0.3) is 5.91 Å². The van der Waals surface area contributed by atoms with Crippen molar-refractivity contribution in [2.24, 2.45) is 0 Å². The van der Waals surface area contributed by atoms with E-state index in [1.165, 1.54) is 4.90 Å². The smallest absolute Gasteiger partial charge is 0.411 e. The summed E-state index contributed by atoms with van der Waals surface area (Å²) in [5.74, 6) is 6.69. The maximum Gasteiger partial charge on any atom is 0.411 e. The number of para-hydroxylation sites is 1. The quantitative estimate of drug-likeness (QED) is 0.340. The van der Waals surface area contributed by atoms with Crippen molar-refractivity contribution in [2.45, 2.75) is 52.2 Å². The zero-order valence-electron chi connectivity index (χ0n) is 23.8. The van der Waals surface area contributed by atoms with E-state index < -0.39 is 17.2 Å². The molecule has 0 saturated carbocycles. The zero-order chi connectivity index (χ0) is 29.2. The van der Waals surface area contributed by atoms with Crippen molar-refractivity contribution in [3.63, 3.8) is 0 Å². The average Bonchev–Trinajstić information content (AvgIpc) is 3.25. The summed E-state index contributed by atoms with van der Waals surface area (Å²) in [4.78, 5) is 34.9. The van der Waals surface area contributed by atoms with Crippen LogP contribution < -0.4 is 15.4 Å². The van der Waals surface area contributed by atoms with Crippen LogP contribution in [0.2, 0.25) is 5.02 Å². The fourth-order valence-electron chi connectivity index (χ4n) is 4.23. The van der Waals surface area contributed by atoms with Gasteiger partial charge in [-0.2, -0.15) is 0 Å². The Balaban J connectivity index is 1.80. The van der Waals surface area contributed by atoms with Crippen LogP contribution in [0.1, 0.15) is 56.2 Å². The van der Waals surface area contributed by atoms with Crippen molar-refractivity contribution < 1.29 is 19.1 Å². The van der Waals surface area contributed by atoms with Crippen molar-refractivity contribution in [3.8, 4) is 28.8 Å². The molecule has 2 amide bonds. The van der Waals surface area contributed by atoms with Gasteiger partial charge in [0.2, 0.25) is 0 Å². The van der Waals surface area contributed by atoms with E-state index in [1.807, 2.05) is 46.8 Å². The number of halogens is 1. The van der Waals surface area contributed by atoms with Crippen LogP contribution in [0, 0.1) is 11.8 Å². The van der Waals surface area contributed by atoms with Crippen LogP contribution in [0.15, 0.2) is 36.7 Å². The molecule has 0 atom stereocenters. The number of carbonyl (C=O) groups excluding carboxylic acids is 2. The number of benzene rings is 1. The summed E-state index contributed by atoms with van der Waals surface area (Å²) in [6.45, 7) is 9.67. The number of pyridine rings is 1. The molecule has 0 spiro atoms. The number of aromatic nitrogens is 2. The second kappa shape index (κ2) is 11.1. The number of ether oxygens (including phenoxy) is 2. The maximum atomic E-state index is 13.0. The van der Waals surface area contributed by atoms with Gasteiger partial charge in [-0.05, 0) is 52.8 Å². The number of hydrogen-bond acceptors (Lipinski definition) is 6. The van der Waals surface area contributed by atoms with Crippen LogP contribution in [0.5, 0.6) is 5.75 Å². The van der Waals surface area contributed by atoms with Gasteiger partial charge in [0.15, 0.2) is 5.75 Å². The van der Waals surface area contributed by atoms with Gasteiger partial charge < -0.3 is 25.1 Å². The summed E-state index contributed by atoms with van der Waals surface area (Å²) in [6, 6.07) is 7.21. The largest absolute Gasteiger partial charge is 0.493 e. The van der Waals surface area contributed by atoms with Crippen molar-refractivity contribution in [1.29, 1.82) is 0 Å². The van der Waals surface area contributed by atoms with Gasteiger partial charge in [0.05, 0.1) is 40.3 Å². The number of H-pyrrole nitrogens is 1. The molecule has 1 aromatic carbocycles. The molecule has 210 valence electrons. The lowest BCUT2D eigenvalue weighted by molar-refractivity contribution is 0.0186. The molecule has 9 nitrogen and oxygen atoms in total. The van der Waals surface area contributed by atoms with E-state index in [4.69, 9.17) is 21.1 Å². The molecule has 40 heavy (non-hydrogen) atoms. The van der Waals surface area contributed by atoms with E-state index >= 15 is 0 Å². The molecule has 0 unspecified atom stereocenters. The van der Waals surface area contributed by atoms with Gasteiger partial charge in [-0.15, -0.1) is 0 Å². The standard InChI is InChI=1S/C30H34ClN5O4/c1-29(2,3)40-28(38)36(6)30(4,5)14-11-18-17-32-15-12-19(18)24-25(23-21(34-24)13-16-33-27(23)37)35-22-10-8-9-20(31)26(22)39-7/h8-10,12,15,17,34-35H,13,16H2,1-7H3,(H,33,37). The van der Waals surface area contributed by atoms with Gasteiger partial charge in [-0.25, -0.2) is 4.79 Å². The summed E-state index contributed by atoms with van der Waals surface area (Å²) < 4.78 is 11.1. The van der Waals surface area contributed by atoms with Crippen molar-refractivity contribution in [2.75, 3.05) is 26.0 Å². The summed E-state index contributed by atoms with van der Waals surface area (Å²) >= 11 is 6.38. The van der Waals surface area contributed by atoms with E-state index in [9.17, 15) is 9.59 Å². The number of anilines is 2. The van der Waals surface area contributed by atoms with Crippen molar-refractivity contribution >= 4 is 35.0 Å². The van der Waals surface area contributed by atoms with Gasteiger partial charge in [0, 0.05) is 43.7 Å². The number of methoxy groups -OCH3 is 1. The van der Waals surface area contributed by atoms with E-state index in [1.54, 1.807) is 38.7 Å². The summed E-state index contributed by atoms with van der Waals surface area (Å²) in [7, 11) is 3.20. The Kier molecular flexibility index (Phi) is 8.03. The van der Waals surface area contributed by atoms with Crippen LogP contribution in [-0.4, -0.2) is 58.7 Å². The van der Waals surface area contributed by atoms with Crippen LogP contribution in [0.4, 0.5) is 16.2 Å². The van der Waals surface area contributed by atoms with Crippen LogP contribution in [0.3, 0.4) is 0 Å². The molecule has 3 heterocycles. The predicted octanol–water partition coefficient (Wildman–Crippen LogP) is 5.77. The highest BCUT2D eigenvalue weighted by Crippen LogP contribution is 2.41. The minimum Gasteiger partial charge on any atom is -0.493 e. The maximum absolute atomic E-state index is 13.0. The summed E-state index contributed by atoms with van der Waals surface area (Å²) in [5.41, 5.74) is 3.07. The van der Waals surface area contributed by atoms with Crippen LogP contribution in [-0.2, 0) is 11.2 Å². The highest BCUT2D eigenvalue weighted by atomic mass is 35.5. The third kappa shape index (κ3) is 6.02. The van der Waals surface area contributed by atoms with E-state index in [0.717, 1.165) is 11.3 Å². The predicted molar refractivity (Wildman–Crippen MR) is 156 cm³/mol. The molecule has 3 N–H and O–H groups in total. The first-order chi connectivity index (χ1) is 18.8.